The zero-order valence-electron chi connectivity index (χ0n) is 20.4. The molecule has 4 aromatic rings. The van der Waals surface area contributed by atoms with E-state index in [2.05, 4.69) is 10.8 Å². The standard InChI is InChI=1S/C31H24FNO4S/c32-22-11-14-27(29(17-22)36-19-20-5-2-1-3-6-20)24-7-4-8-26-25(24)15-16-28(26)37-23-12-9-21(10-13-23)30-18-31(34)33-38(30)35/h1-14,17-18,28H,15-16,19H2,(H,33,34)/t28-,38?/m1/s1. The van der Waals surface area contributed by atoms with E-state index in [0.717, 1.165) is 35.1 Å². The molecule has 38 heavy (non-hydrogen) atoms. The molecular formula is C31H24FNO4S. The Labute approximate surface area is 222 Å². The van der Waals surface area contributed by atoms with Crippen LogP contribution in [-0.2, 0) is 28.8 Å². The van der Waals surface area contributed by atoms with Gasteiger partial charge in [-0.2, -0.15) is 0 Å². The van der Waals surface area contributed by atoms with Crippen molar-refractivity contribution in [2.24, 2.45) is 0 Å². The third-order valence-electron chi connectivity index (χ3n) is 6.76. The van der Waals surface area contributed by atoms with Gasteiger partial charge in [0.25, 0.3) is 5.91 Å². The Bertz CT molecular complexity index is 1570. The Kier molecular flexibility index (Phi) is 6.52. The second-order valence-corrected chi connectivity index (χ2v) is 10.4. The molecule has 7 heteroatoms. The molecular weight excluding hydrogens is 501 g/mol. The van der Waals surface area contributed by atoms with Gasteiger partial charge in [0.2, 0.25) is 0 Å². The number of halogens is 1. The number of carbonyl (C=O) groups is 1. The molecule has 1 amide bonds. The van der Waals surface area contributed by atoms with Gasteiger partial charge in [0.15, 0.2) is 11.0 Å². The van der Waals surface area contributed by atoms with Crippen molar-refractivity contribution in [3.8, 4) is 22.6 Å². The van der Waals surface area contributed by atoms with Gasteiger partial charge in [-0.15, -0.1) is 0 Å². The van der Waals surface area contributed by atoms with Gasteiger partial charge in [0.1, 0.15) is 30.0 Å². The van der Waals surface area contributed by atoms with Gasteiger partial charge >= 0.3 is 0 Å². The van der Waals surface area contributed by atoms with Crippen LogP contribution in [0, 0.1) is 5.82 Å². The second kappa shape index (κ2) is 10.3. The molecule has 0 bridgehead atoms. The predicted octanol–water partition coefficient (Wildman–Crippen LogP) is 6.27. The lowest BCUT2D eigenvalue weighted by Crippen LogP contribution is -2.16. The number of amides is 1. The summed E-state index contributed by atoms with van der Waals surface area (Å²) in [4.78, 5) is 11.9. The second-order valence-electron chi connectivity index (χ2n) is 9.20. The molecule has 1 N–H and O–H groups in total. The highest BCUT2D eigenvalue weighted by Crippen LogP contribution is 2.43. The summed E-state index contributed by atoms with van der Waals surface area (Å²) in [5.41, 5.74) is 5.85. The maximum atomic E-state index is 14.2. The first-order chi connectivity index (χ1) is 18.5. The van der Waals surface area contributed by atoms with E-state index in [-0.39, 0.29) is 17.8 Å². The van der Waals surface area contributed by atoms with Crippen molar-refractivity contribution in [1.29, 1.82) is 0 Å². The summed E-state index contributed by atoms with van der Waals surface area (Å²) in [6.07, 6.45) is 2.86. The molecule has 190 valence electrons. The predicted molar refractivity (Wildman–Crippen MR) is 145 cm³/mol. The molecule has 2 aliphatic rings. The number of rotatable bonds is 7. The molecule has 0 radical (unpaired) electrons. The lowest BCUT2D eigenvalue weighted by atomic mass is 9.96. The number of carbonyl (C=O) groups excluding carboxylic acids is 1. The first-order valence-corrected chi connectivity index (χ1v) is 13.5. The highest BCUT2D eigenvalue weighted by molar-refractivity contribution is 7.93. The lowest BCUT2D eigenvalue weighted by Gasteiger charge is -2.17. The zero-order valence-corrected chi connectivity index (χ0v) is 21.2. The first kappa shape index (κ1) is 24.1. The van der Waals surface area contributed by atoms with Crippen LogP contribution in [0.1, 0.15) is 34.8 Å². The fourth-order valence-corrected chi connectivity index (χ4v) is 5.88. The van der Waals surface area contributed by atoms with Gasteiger partial charge in [0, 0.05) is 17.7 Å². The Morgan fingerprint density at radius 1 is 0.921 bits per heavy atom. The van der Waals surface area contributed by atoms with Crippen molar-refractivity contribution in [2.75, 3.05) is 0 Å². The molecule has 0 aromatic heterocycles. The van der Waals surface area contributed by atoms with Gasteiger partial charge in [0.05, 0.1) is 4.91 Å². The zero-order chi connectivity index (χ0) is 26.1. The highest BCUT2D eigenvalue weighted by atomic mass is 32.2. The molecule has 0 saturated heterocycles. The SMILES string of the molecule is O=C1C=C(c2ccc(O[C@@H]3CCc4c(-c5ccc(F)cc5OCc5ccccc5)cccc43)cc2)S(=O)N1. The van der Waals surface area contributed by atoms with E-state index in [9.17, 15) is 13.4 Å². The molecule has 0 spiro atoms. The quantitative estimate of drug-likeness (QED) is 0.309. The highest BCUT2D eigenvalue weighted by Gasteiger charge is 2.28. The van der Waals surface area contributed by atoms with Crippen LogP contribution in [0.3, 0.4) is 0 Å². The molecule has 4 aromatic carbocycles. The summed E-state index contributed by atoms with van der Waals surface area (Å²) >= 11 is 0. The monoisotopic (exact) mass is 525 g/mol. The number of hydrogen-bond acceptors (Lipinski definition) is 4. The van der Waals surface area contributed by atoms with E-state index in [1.54, 1.807) is 18.2 Å². The third-order valence-corrected chi connectivity index (χ3v) is 7.90. The smallest absolute Gasteiger partial charge is 0.257 e. The summed E-state index contributed by atoms with van der Waals surface area (Å²) in [5, 5.41) is 0. The van der Waals surface area contributed by atoms with Crippen LogP contribution in [0.15, 0.2) is 97.1 Å². The number of nitrogens with one attached hydrogen (secondary N) is 1. The van der Waals surface area contributed by atoms with Crippen molar-refractivity contribution < 1.29 is 22.9 Å². The van der Waals surface area contributed by atoms with E-state index in [4.69, 9.17) is 9.47 Å². The van der Waals surface area contributed by atoms with Gasteiger partial charge in [-0.1, -0.05) is 60.7 Å². The van der Waals surface area contributed by atoms with Crippen molar-refractivity contribution in [3.63, 3.8) is 0 Å². The number of ether oxygens (including phenoxy) is 2. The molecule has 1 aliphatic carbocycles. The van der Waals surface area contributed by atoms with Crippen LogP contribution in [-0.4, -0.2) is 10.1 Å². The average molecular weight is 526 g/mol. The maximum Gasteiger partial charge on any atom is 0.257 e. The van der Waals surface area contributed by atoms with E-state index < -0.39 is 11.0 Å². The summed E-state index contributed by atoms with van der Waals surface area (Å²) in [7, 11) is -1.53. The number of fused-ring (bicyclic) bond motifs is 1. The summed E-state index contributed by atoms with van der Waals surface area (Å²) in [6, 6.07) is 27.9. The van der Waals surface area contributed by atoms with E-state index in [0.29, 0.717) is 28.6 Å². The van der Waals surface area contributed by atoms with Crippen LogP contribution < -0.4 is 14.2 Å². The fraction of sp³-hybridized carbons (Fsp3) is 0.129. The summed E-state index contributed by atoms with van der Waals surface area (Å²) in [6.45, 7) is 0.350. The lowest BCUT2D eigenvalue weighted by molar-refractivity contribution is -0.114. The summed E-state index contributed by atoms with van der Waals surface area (Å²) < 4.78 is 41.0. The van der Waals surface area contributed by atoms with Crippen LogP contribution in [0.2, 0.25) is 0 Å². The number of benzene rings is 4. The van der Waals surface area contributed by atoms with Crippen molar-refractivity contribution >= 4 is 21.8 Å². The molecule has 1 heterocycles. The van der Waals surface area contributed by atoms with Crippen molar-refractivity contribution in [3.05, 3.63) is 125 Å². The minimum Gasteiger partial charge on any atom is -0.488 e. The molecule has 0 fully saturated rings. The largest absolute Gasteiger partial charge is 0.488 e. The van der Waals surface area contributed by atoms with Crippen LogP contribution in [0.4, 0.5) is 4.39 Å². The summed E-state index contributed by atoms with van der Waals surface area (Å²) in [5.74, 6) is 0.501. The van der Waals surface area contributed by atoms with Gasteiger partial charge in [-0.3, -0.25) is 9.52 Å². The molecule has 5 nitrogen and oxygen atoms in total. The molecule has 0 saturated carbocycles. The van der Waals surface area contributed by atoms with Crippen LogP contribution in [0.25, 0.3) is 16.0 Å². The Morgan fingerprint density at radius 3 is 2.50 bits per heavy atom. The Hall–Kier alpha value is -4.23. The molecule has 2 atom stereocenters. The van der Waals surface area contributed by atoms with Crippen molar-refractivity contribution in [1.82, 2.24) is 4.72 Å². The van der Waals surface area contributed by atoms with E-state index >= 15 is 0 Å². The maximum absolute atomic E-state index is 14.2. The molecule has 1 aliphatic heterocycles. The van der Waals surface area contributed by atoms with Crippen LogP contribution >= 0.6 is 0 Å². The third kappa shape index (κ3) is 4.85. The van der Waals surface area contributed by atoms with Gasteiger partial charge < -0.3 is 9.47 Å². The van der Waals surface area contributed by atoms with Crippen LogP contribution in [0.5, 0.6) is 11.5 Å². The minimum atomic E-state index is -1.53. The van der Waals surface area contributed by atoms with E-state index in [1.165, 1.54) is 23.8 Å². The fourth-order valence-electron chi connectivity index (χ4n) is 4.97. The van der Waals surface area contributed by atoms with Gasteiger partial charge in [-0.05, 0) is 64.9 Å². The Morgan fingerprint density at radius 2 is 1.74 bits per heavy atom. The van der Waals surface area contributed by atoms with Gasteiger partial charge in [-0.25, -0.2) is 8.60 Å². The first-order valence-electron chi connectivity index (χ1n) is 12.3. The Balaban J connectivity index is 1.24. The van der Waals surface area contributed by atoms with E-state index in [1.807, 2.05) is 54.6 Å². The topological polar surface area (TPSA) is 64.6 Å². The number of hydrogen-bond donors (Lipinski definition) is 1. The minimum absolute atomic E-state index is 0.131. The van der Waals surface area contributed by atoms with Crippen molar-refractivity contribution in [2.45, 2.75) is 25.6 Å². The molecule has 6 rings (SSSR count). The average Bonchev–Trinajstić information content (AvgIpc) is 3.50. The molecule has 1 unspecified atom stereocenters. The normalized spacial score (nSPS) is 18.0.